The van der Waals surface area contributed by atoms with Crippen LogP contribution < -0.4 is 24.8 Å². The van der Waals surface area contributed by atoms with Gasteiger partial charge in [0.1, 0.15) is 28.5 Å². The summed E-state index contributed by atoms with van der Waals surface area (Å²) in [6.45, 7) is 8.01. The first kappa shape index (κ1) is 35.4. The third-order valence-corrected chi connectivity index (χ3v) is 10.4. The summed E-state index contributed by atoms with van der Waals surface area (Å²) in [6, 6.07) is 14.4. The molecule has 4 atom stereocenters. The van der Waals surface area contributed by atoms with Gasteiger partial charge in [-0.3, -0.25) is 14.3 Å². The first-order chi connectivity index (χ1) is 22.1. The van der Waals surface area contributed by atoms with Gasteiger partial charge < -0.3 is 24.5 Å². The number of aromatic nitrogens is 2. The molecule has 3 fully saturated rings. The number of halogens is 2. The molecule has 0 radical (unpaired) electrons. The van der Waals surface area contributed by atoms with E-state index in [-0.39, 0.29) is 55.6 Å². The van der Waals surface area contributed by atoms with Crippen LogP contribution in [-0.4, -0.2) is 65.8 Å². The summed E-state index contributed by atoms with van der Waals surface area (Å²) >= 11 is 0. The molecule has 12 nitrogen and oxygen atoms in total. The van der Waals surface area contributed by atoms with E-state index >= 15 is 0 Å². The Bertz CT molecular complexity index is 1970. The molecule has 2 aliphatic carbocycles. The van der Waals surface area contributed by atoms with Gasteiger partial charge in [-0.15, -0.1) is 31.4 Å². The third-order valence-electron chi connectivity index (χ3n) is 8.61. The second kappa shape index (κ2) is 13.5. The molecule has 0 spiro atoms. The van der Waals surface area contributed by atoms with E-state index in [1.54, 1.807) is 6.08 Å². The Kier molecular flexibility index (Phi) is 9.98. The van der Waals surface area contributed by atoms with Crippen molar-refractivity contribution < 1.29 is 31.9 Å². The van der Waals surface area contributed by atoms with Crippen LogP contribution in [0.3, 0.4) is 0 Å². The molecule has 3 aliphatic rings. The van der Waals surface area contributed by atoms with E-state index in [1.165, 1.54) is 0 Å². The number of carbonyl (C=O) groups is 2. The summed E-state index contributed by atoms with van der Waals surface area (Å²) in [5.41, 5.74) is 1.07. The predicted molar refractivity (Wildman–Crippen MR) is 185 cm³/mol. The lowest BCUT2D eigenvalue weighted by atomic mass is 10.1. The highest BCUT2D eigenvalue weighted by Gasteiger charge is 2.61. The van der Waals surface area contributed by atoms with Gasteiger partial charge in [0.05, 0.1) is 17.4 Å². The number of sulfonamides is 1. The van der Waals surface area contributed by atoms with E-state index in [0.29, 0.717) is 41.9 Å². The summed E-state index contributed by atoms with van der Waals surface area (Å²) < 4.78 is 45.3. The van der Waals surface area contributed by atoms with Gasteiger partial charge in [0.25, 0.3) is 11.8 Å². The van der Waals surface area contributed by atoms with E-state index in [0.717, 1.165) is 16.7 Å². The molecule has 2 amide bonds. The summed E-state index contributed by atoms with van der Waals surface area (Å²) in [6.07, 6.45) is 2.76. The van der Waals surface area contributed by atoms with Gasteiger partial charge >= 0.3 is 0 Å². The Balaban J connectivity index is 0.00000225. The molecule has 48 heavy (non-hydrogen) atoms. The average molecular weight is 719 g/mol. The first-order valence-electron chi connectivity index (χ1n) is 15.4. The van der Waals surface area contributed by atoms with Crippen molar-refractivity contribution in [3.63, 3.8) is 0 Å². The minimum Gasteiger partial charge on any atom is -0.491 e. The average Bonchev–Trinajstić information content (AvgIpc) is 3.92. The summed E-state index contributed by atoms with van der Waals surface area (Å²) in [4.78, 5) is 36.0. The molecule has 2 saturated carbocycles. The van der Waals surface area contributed by atoms with Crippen LogP contribution in [-0.2, 0) is 19.6 Å². The van der Waals surface area contributed by atoms with E-state index in [4.69, 9.17) is 23.9 Å². The van der Waals surface area contributed by atoms with Crippen LogP contribution >= 0.6 is 24.8 Å². The van der Waals surface area contributed by atoms with Gasteiger partial charge in [0, 0.05) is 29.8 Å². The Morgan fingerprint density at radius 1 is 1.10 bits per heavy atom. The molecular formula is C33H37Cl2N5O7S. The predicted octanol–water partition coefficient (Wildman–Crippen LogP) is 4.45. The quantitative estimate of drug-likeness (QED) is 0.189. The molecule has 1 saturated heterocycles. The van der Waals surface area contributed by atoms with E-state index < -0.39 is 44.8 Å². The number of furan rings is 1. The number of hydrogen-bond acceptors (Lipinski definition) is 10. The van der Waals surface area contributed by atoms with E-state index in [1.807, 2.05) is 62.4 Å². The number of nitrogens with zero attached hydrogens (tertiary/aromatic N) is 2. The van der Waals surface area contributed by atoms with Crippen molar-refractivity contribution in [1.82, 2.24) is 25.3 Å². The van der Waals surface area contributed by atoms with Crippen molar-refractivity contribution in [2.24, 2.45) is 5.92 Å². The zero-order valence-corrected chi connectivity index (χ0v) is 28.8. The van der Waals surface area contributed by atoms with Crippen LogP contribution in [0.25, 0.3) is 33.5 Å². The first-order valence-corrected chi connectivity index (χ1v) is 17.0. The largest absolute Gasteiger partial charge is 0.491 e. The van der Waals surface area contributed by atoms with Crippen molar-refractivity contribution >= 4 is 68.7 Å². The number of nitrogens with one attached hydrogen (secondary N) is 3. The standard InChI is InChI=1S/C33H35N5O7S.2ClH/c1-4-20-16-33(20,32(40)38-46(41,42)23-13-14-23)37-30(39)25-15-22(17-34-25)44-31-28-27(24-7-5-6-8-26(24)45-28)35-29(36-31)19-9-11-21(12-10-19)43-18(2)3;;/h4-12,18,20,22-23,25,34H,1,13-17H2,2-3H3,(H,37,39)(H,38,40);2*1H/t20-,22-,25+,33-;;/m1../s1. The Morgan fingerprint density at radius 3 is 2.50 bits per heavy atom. The second-order valence-electron chi connectivity index (χ2n) is 12.4. The molecule has 1 aliphatic heterocycles. The van der Waals surface area contributed by atoms with Crippen LogP contribution in [0.1, 0.15) is 39.5 Å². The number of hydrogen-bond donors (Lipinski definition) is 3. The number of amides is 2. The fourth-order valence-electron chi connectivity index (χ4n) is 5.90. The molecule has 7 rings (SSSR count). The Hall–Kier alpha value is -3.91. The van der Waals surface area contributed by atoms with Gasteiger partial charge in [-0.1, -0.05) is 18.2 Å². The minimum absolute atomic E-state index is 0. The van der Waals surface area contributed by atoms with Gasteiger partial charge in [-0.25, -0.2) is 13.4 Å². The van der Waals surface area contributed by atoms with Crippen LogP contribution in [0, 0.1) is 5.92 Å². The lowest BCUT2D eigenvalue weighted by Crippen LogP contribution is -2.55. The molecule has 3 N–H and O–H groups in total. The maximum absolute atomic E-state index is 13.4. The number of carbonyl (C=O) groups excluding carboxylic acids is 2. The Morgan fingerprint density at radius 2 is 1.83 bits per heavy atom. The highest BCUT2D eigenvalue weighted by atomic mass is 35.5. The summed E-state index contributed by atoms with van der Waals surface area (Å²) in [5.74, 6) is -0.0827. The lowest BCUT2D eigenvalue weighted by Gasteiger charge is -2.21. The molecule has 2 aromatic heterocycles. The van der Waals surface area contributed by atoms with Gasteiger partial charge in [-0.2, -0.15) is 4.98 Å². The van der Waals surface area contributed by atoms with Crippen molar-refractivity contribution in [3.05, 3.63) is 61.2 Å². The van der Waals surface area contributed by atoms with Crippen molar-refractivity contribution in [3.8, 4) is 23.0 Å². The molecule has 15 heteroatoms. The van der Waals surface area contributed by atoms with E-state index in [2.05, 4.69) is 21.9 Å². The zero-order chi connectivity index (χ0) is 32.2. The lowest BCUT2D eigenvalue weighted by molar-refractivity contribution is -0.130. The van der Waals surface area contributed by atoms with Crippen molar-refractivity contribution in [1.29, 1.82) is 0 Å². The number of fused-ring (bicyclic) bond motifs is 3. The monoisotopic (exact) mass is 717 g/mol. The molecule has 0 unspecified atom stereocenters. The minimum atomic E-state index is -3.77. The molecule has 0 bridgehead atoms. The van der Waals surface area contributed by atoms with Gasteiger partial charge in [-0.05, 0) is 69.5 Å². The number of benzene rings is 2. The van der Waals surface area contributed by atoms with E-state index in [9.17, 15) is 18.0 Å². The number of rotatable bonds is 11. The number of ether oxygens (including phenoxy) is 2. The van der Waals surface area contributed by atoms with Crippen LogP contribution in [0.15, 0.2) is 65.6 Å². The fraction of sp³-hybridized carbons (Fsp3) is 0.394. The smallest absolute Gasteiger partial charge is 0.262 e. The highest BCUT2D eigenvalue weighted by molar-refractivity contribution is 7.91. The summed E-state index contributed by atoms with van der Waals surface area (Å²) in [7, 11) is -3.77. The molecule has 4 aromatic rings. The topological polar surface area (TPSA) is 162 Å². The molecule has 3 heterocycles. The molecular weight excluding hydrogens is 681 g/mol. The van der Waals surface area contributed by atoms with Crippen LogP contribution in [0.5, 0.6) is 11.6 Å². The van der Waals surface area contributed by atoms with Crippen molar-refractivity contribution in [2.45, 2.75) is 68.6 Å². The summed E-state index contributed by atoms with van der Waals surface area (Å²) in [5, 5.41) is 6.24. The SMILES string of the molecule is C=C[C@@H]1C[C@]1(NC(=O)[C@@H]1C[C@@H](Oc2nc(-c3ccc(OC(C)C)cc3)nc3c2oc2ccccc23)CN1)C(=O)NS(=O)(=O)C1CC1.Cl.Cl. The zero-order valence-electron chi connectivity index (χ0n) is 26.3. The van der Waals surface area contributed by atoms with Crippen LogP contribution in [0.4, 0.5) is 0 Å². The van der Waals surface area contributed by atoms with Gasteiger partial charge in [0.15, 0.2) is 5.82 Å². The Labute approximate surface area is 290 Å². The highest BCUT2D eigenvalue weighted by Crippen LogP contribution is 2.45. The number of para-hydroxylation sites is 1. The maximum Gasteiger partial charge on any atom is 0.262 e. The maximum atomic E-state index is 13.4. The fourth-order valence-corrected chi connectivity index (χ4v) is 7.27. The normalized spacial score (nSPS) is 23.2. The van der Waals surface area contributed by atoms with Crippen LogP contribution in [0.2, 0.25) is 0 Å². The third kappa shape index (κ3) is 6.82. The molecule has 2 aromatic carbocycles. The van der Waals surface area contributed by atoms with Gasteiger partial charge in [0.2, 0.25) is 21.5 Å². The molecule has 256 valence electrons. The second-order valence-corrected chi connectivity index (χ2v) is 14.4. The van der Waals surface area contributed by atoms with Crippen molar-refractivity contribution in [2.75, 3.05) is 6.54 Å².